The minimum atomic E-state index is 0.507. The number of benzene rings is 1. The number of thiocarbonyl (C=S) groups is 1. The normalized spacial score (nSPS) is 10.3. The van der Waals surface area contributed by atoms with Crippen molar-refractivity contribution >= 4 is 46.2 Å². The highest BCUT2D eigenvalue weighted by atomic mass is 35.5. The Kier molecular flexibility index (Phi) is 5.23. The predicted molar refractivity (Wildman–Crippen MR) is 87.4 cm³/mol. The number of hydrogen-bond acceptors (Lipinski definition) is 2. The van der Waals surface area contributed by atoms with Crippen LogP contribution < -0.4 is 10.6 Å². The van der Waals surface area contributed by atoms with E-state index in [2.05, 4.69) is 15.7 Å². The first-order valence-corrected chi connectivity index (χ1v) is 7.27. The van der Waals surface area contributed by atoms with Gasteiger partial charge in [-0.15, -0.1) is 0 Å². The number of rotatable bonds is 4. The fourth-order valence-electron chi connectivity index (χ4n) is 1.74. The molecule has 1 aromatic carbocycles. The van der Waals surface area contributed by atoms with E-state index in [0.717, 1.165) is 17.9 Å². The second-order valence-corrected chi connectivity index (χ2v) is 5.32. The van der Waals surface area contributed by atoms with Gasteiger partial charge < -0.3 is 10.6 Å². The summed E-state index contributed by atoms with van der Waals surface area (Å²) in [7, 11) is 0. The van der Waals surface area contributed by atoms with Crippen LogP contribution in [0.15, 0.2) is 30.5 Å². The summed E-state index contributed by atoms with van der Waals surface area (Å²) in [5.74, 6) is 0. The molecule has 0 atom stereocenters. The third-order valence-corrected chi connectivity index (χ3v) is 3.49. The first-order chi connectivity index (χ1) is 9.60. The molecule has 0 unspecified atom stereocenters. The van der Waals surface area contributed by atoms with Gasteiger partial charge in [0.05, 0.1) is 23.5 Å². The second kappa shape index (κ2) is 6.92. The number of nitrogens with zero attached hydrogens (tertiary/aromatic N) is 2. The van der Waals surface area contributed by atoms with Crippen molar-refractivity contribution in [1.82, 2.24) is 15.1 Å². The van der Waals surface area contributed by atoms with Crippen LogP contribution in [0.4, 0.5) is 5.69 Å². The molecule has 1 heterocycles. The third-order valence-electron chi connectivity index (χ3n) is 2.70. The van der Waals surface area contributed by atoms with E-state index >= 15 is 0 Å². The Bertz CT molecular complexity index is 612. The molecule has 0 fully saturated rings. The molecule has 2 aromatic rings. The summed E-state index contributed by atoms with van der Waals surface area (Å²) >= 11 is 17.2. The number of nitrogens with one attached hydrogen (secondary N) is 2. The molecule has 0 spiro atoms. The van der Waals surface area contributed by atoms with Gasteiger partial charge in [-0.3, -0.25) is 4.68 Å². The van der Waals surface area contributed by atoms with E-state index in [-0.39, 0.29) is 0 Å². The van der Waals surface area contributed by atoms with Crippen LogP contribution in [0.25, 0.3) is 0 Å². The summed E-state index contributed by atoms with van der Waals surface area (Å²) in [5.41, 5.74) is 1.74. The predicted octanol–water partition coefficient (Wildman–Crippen LogP) is 3.70. The summed E-state index contributed by atoms with van der Waals surface area (Å²) in [6, 6.07) is 7.36. The number of aromatic nitrogens is 2. The van der Waals surface area contributed by atoms with Crippen molar-refractivity contribution < 1.29 is 0 Å². The lowest BCUT2D eigenvalue weighted by atomic mass is 10.3. The van der Waals surface area contributed by atoms with Gasteiger partial charge in [-0.05, 0) is 37.3 Å². The van der Waals surface area contributed by atoms with Gasteiger partial charge in [-0.2, -0.15) is 5.10 Å². The molecule has 0 aliphatic rings. The van der Waals surface area contributed by atoms with Gasteiger partial charge in [0.15, 0.2) is 5.11 Å². The zero-order valence-electron chi connectivity index (χ0n) is 10.9. The molecule has 1 aromatic heterocycles. The number of halogens is 2. The Morgan fingerprint density at radius 3 is 2.90 bits per heavy atom. The highest BCUT2D eigenvalue weighted by molar-refractivity contribution is 7.80. The second-order valence-electron chi connectivity index (χ2n) is 4.07. The highest BCUT2D eigenvalue weighted by Gasteiger charge is 2.08. The van der Waals surface area contributed by atoms with E-state index in [1.807, 2.05) is 29.8 Å². The minimum Gasteiger partial charge on any atom is -0.357 e. The molecule has 2 rings (SSSR count). The minimum absolute atomic E-state index is 0.507. The Morgan fingerprint density at radius 1 is 1.40 bits per heavy atom. The molecule has 0 radical (unpaired) electrons. The van der Waals surface area contributed by atoms with Gasteiger partial charge >= 0.3 is 0 Å². The van der Waals surface area contributed by atoms with Crippen molar-refractivity contribution in [1.29, 1.82) is 0 Å². The van der Waals surface area contributed by atoms with E-state index in [0.29, 0.717) is 21.7 Å². The van der Waals surface area contributed by atoms with Crippen molar-refractivity contribution in [3.63, 3.8) is 0 Å². The summed E-state index contributed by atoms with van der Waals surface area (Å²) < 4.78 is 1.83. The molecule has 0 aliphatic carbocycles. The Balaban J connectivity index is 1.94. The standard InChI is InChI=1S/C13H14Cl2N4S/c1-2-19-12(11(15)7-17-19)8-16-13(20)18-10-5-3-4-9(14)6-10/h3-7H,2,8H2,1H3,(H2,16,18,20). The van der Waals surface area contributed by atoms with E-state index < -0.39 is 0 Å². The first kappa shape index (κ1) is 15.1. The van der Waals surface area contributed by atoms with Gasteiger partial charge in [0.1, 0.15) is 0 Å². The van der Waals surface area contributed by atoms with E-state index in [1.165, 1.54) is 0 Å². The zero-order valence-corrected chi connectivity index (χ0v) is 13.2. The van der Waals surface area contributed by atoms with E-state index in [1.54, 1.807) is 12.3 Å². The van der Waals surface area contributed by atoms with Crippen LogP contribution >= 0.6 is 35.4 Å². The Labute approximate surface area is 133 Å². The maximum absolute atomic E-state index is 6.08. The smallest absolute Gasteiger partial charge is 0.171 e. The van der Waals surface area contributed by atoms with Crippen molar-refractivity contribution in [2.45, 2.75) is 20.0 Å². The van der Waals surface area contributed by atoms with E-state index in [9.17, 15) is 0 Å². The molecule has 7 heteroatoms. The van der Waals surface area contributed by atoms with Gasteiger partial charge in [0.25, 0.3) is 0 Å². The molecule has 0 saturated heterocycles. The average molecular weight is 329 g/mol. The molecule has 2 N–H and O–H groups in total. The van der Waals surface area contributed by atoms with Gasteiger partial charge in [0, 0.05) is 17.3 Å². The zero-order chi connectivity index (χ0) is 14.5. The molecular formula is C13H14Cl2N4S. The maximum atomic E-state index is 6.08. The third kappa shape index (κ3) is 3.85. The SMILES string of the molecule is CCn1ncc(Cl)c1CNC(=S)Nc1cccc(Cl)c1. The van der Waals surface area contributed by atoms with Gasteiger partial charge in [0.2, 0.25) is 0 Å². The van der Waals surface area contributed by atoms with Gasteiger partial charge in [-0.1, -0.05) is 29.3 Å². The Morgan fingerprint density at radius 2 is 2.20 bits per heavy atom. The van der Waals surface area contributed by atoms with Crippen molar-refractivity contribution in [2.75, 3.05) is 5.32 Å². The topological polar surface area (TPSA) is 41.9 Å². The summed E-state index contributed by atoms with van der Waals surface area (Å²) in [6.45, 7) is 3.28. The summed E-state index contributed by atoms with van der Waals surface area (Å²) in [6.07, 6.45) is 1.63. The van der Waals surface area contributed by atoms with Crippen LogP contribution in [0.1, 0.15) is 12.6 Å². The lowest BCUT2D eigenvalue weighted by Gasteiger charge is -2.12. The summed E-state index contributed by atoms with van der Waals surface area (Å²) in [4.78, 5) is 0. The van der Waals surface area contributed by atoms with E-state index in [4.69, 9.17) is 35.4 Å². The van der Waals surface area contributed by atoms with Crippen LogP contribution in [-0.4, -0.2) is 14.9 Å². The van der Waals surface area contributed by atoms with Crippen molar-refractivity contribution in [3.8, 4) is 0 Å². The van der Waals surface area contributed by atoms with Crippen molar-refractivity contribution in [2.24, 2.45) is 0 Å². The average Bonchev–Trinajstić information content (AvgIpc) is 2.77. The van der Waals surface area contributed by atoms with Crippen molar-refractivity contribution in [3.05, 3.63) is 46.2 Å². The number of anilines is 1. The number of hydrogen-bond donors (Lipinski definition) is 2. The summed E-state index contributed by atoms with van der Waals surface area (Å²) in [5, 5.41) is 12.1. The molecule has 20 heavy (non-hydrogen) atoms. The molecule has 0 bridgehead atoms. The molecular weight excluding hydrogens is 315 g/mol. The fraction of sp³-hybridized carbons (Fsp3) is 0.231. The van der Waals surface area contributed by atoms with Crippen LogP contribution in [0.5, 0.6) is 0 Å². The lowest BCUT2D eigenvalue weighted by molar-refractivity contribution is 0.614. The molecule has 106 valence electrons. The maximum Gasteiger partial charge on any atom is 0.171 e. The molecule has 0 aliphatic heterocycles. The molecule has 4 nitrogen and oxygen atoms in total. The van der Waals surface area contributed by atoms with Crippen LogP contribution in [0, 0.1) is 0 Å². The van der Waals surface area contributed by atoms with Crippen LogP contribution in [-0.2, 0) is 13.1 Å². The lowest BCUT2D eigenvalue weighted by Crippen LogP contribution is -2.29. The number of aryl methyl sites for hydroxylation is 1. The molecule has 0 amide bonds. The highest BCUT2D eigenvalue weighted by Crippen LogP contribution is 2.16. The quantitative estimate of drug-likeness (QED) is 0.840. The van der Waals surface area contributed by atoms with Crippen LogP contribution in [0.2, 0.25) is 10.0 Å². The largest absolute Gasteiger partial charge is 0.357 e. The molecule has 0 saturated carbocycles. The fourth-order valence-corrected chi connectivity index (χ4v) is 2.33. The van der Waals surface area contributed by atoms with Gasteiger partial charge in [-0.25, -0.2) is 0 Å². The Hall–Kier alpha value is -1.30. The van der Waals surface area contributed by atoms with Crippen LogP contribution in [0.3, 0.4) is 0 Å². The first-order valence-electron chi connectivity index (χ1n) is 6.10. The monoisotopic (exact) mass is 328 g/mol.